The molecule has 0 fully saturated rings. The Kier molecular flexibility index (Phi) is 7.75. The van der Waals surface area contributed by atoms with Crippen molar-refractivity contribution in [2.24, 2.45) is 0 Å². The van der Waals surface area contributed by atoms with E-state index in [0.29, 0.717) is 39.5 Å². The smallest absolute Gasteiger partial charge is 0.257 e. The number of rotatable bonds is 9. The third-order valence-corrected chi connectivity index (χ3v) is 2.71. The second-order valence-electron chi connectivity index (χ2n) is 4.04. The molecule has 0 unspecified atom stereocenters. The largest absolute Gasteiger partial charge is 0.380 e. The van der Waals surface area contributed by atoms with Crippen LogP contribution in [-0.4, -0.2) is 55.3 Å². The van der Waals surface area contributed by atoms with Gasteiger partial charge in [0.1, 0.15) is 0 Å². The average molecular weight is 284 g/mol. The van der Waals surface area contributed by atoms with E-state index in [2.05, 4.69) is 4.98 Å². The van der Waals surface area contributed by atoms with Gasteiger partial charge < -0.3 is 14.4 Å². The van der Waals surface area contributed by atoms with Crippen LogP contribution in [0.5, 0.6) is 0 Å². The maximum absolute atomic E-state index is 13.6. The highest BCUT2D eigenvalue weighted by Crippen LogP contribution is 2.08. The Morgan fingerprint density at radius 3 is 2.35 bits per heavy atom. The molecule has 0 N–H and O–H groups in total. The molecule has 1 amide bonds. The molecule has 0 saturated carbocycles. The number of nitrogens with zero attached hydrogens (tertiary/aromatic N) is 2. The van der Waals surface area contributed by atoms with Gasteiger partial charge in [0.25, 0.3) is 5.91 Å². The molecule has 20 heavy (non-hydrogen) atoms. The number of halogens is 1. The lowest BCUT2D eigenvalue weighted by atomic mass is 10.2. The molecule has 0 aromatic carbocycles. The van der Waals surface area contributed by atoms with Crippen LogP contribution >= 0.6 is 0 Å². The Bertz CT molecular complexity index is 405. The van der Waals surface area contributed by atoms with Gasteiger partial charge in [0.15, 0.2) is 5.82 Å². The second-order valence-corrected chi connectivity index (χ2v) is 4.04. The average Bonchev–Trinajstić information content (AvgIpc) is 2.46. The highest BCUT2D eigenvalue weighted by molar-refractivity contribution is 5.94. The number of pyridine rings is 1. The minimum absolute atomic E-state index is 0.0213. The Hall–Kier alpha value is -1.53. The Morgan fingerprint density at radius 2 is 1.85 bits per heavy atom. The van der Waals surface area contributed by atoms with Crippen LogP contribution in [0.25, 0.3) is 0 Å². The fourth-order valence-corrected chi connectivity index (χ4v) is 1.67. The van der Waals surface area contributed by atoms with Gasteiger partial charge in [-0.3, -0.25) is 9.78 Å². The second kappa shape index (κ2) is 9.39. The van der Waals surface area contributed by atoms with Crippen LogP contribution in [0.15, 0.2) is 18.5 Å². The molecule has 1 aromatic rings. The third kappa shape index (κ3) is 5.22. The van der Waals surface area contributed by atoms with Gasteiger partial charge in [-0.2, -0.15) is 0 Å². The molecular weight excluding hydrogens is 263 g/mol. The first-order valence-electron chi connectivity index (χ1n) is 6.75. The van der Waals surface area contributed by atoms with Crippen LogP contribution in [0.2, 0.25) is 0 Å². The van der Waals surface area contributed by atoms with E-state index in [0.717, 1.165) is 6.20 Å². The van der Waals surface area contributed by atoms with E-state index in [9.17, 15) is 9.18 Å². The van der Waals surface area contributed by atoms with E-state index < -0.39 is 5.82 Å². The zero-order chi connectivity index (χ0) is 14.8. The molecule has 0 aliphatic heterocycles. The predicted octanol–water partition coefficient (Wildman–Crippen LogP) is 1.74. The molecule has 6 heteroatoms. The molecule has 1 rings (SSSR count). The fourth-order valence-electron chi connectivity index (χ4n) is 1.67. The summed E-state index contributed by atoms with van der Waals surface area (Å²) in [5, 5.41) is 0. The van der Waals surface area contributed by atoms with Crippen molar-refractivity contribution in [3.63, 3.8) is 0 Å². The molecule has 0 radical (unpaired) electrons. The first kappa shape index (κ1) is 16.5. The lowest BCUT2D eigenvalue weighted by molar-refractivity contribution is 0.0546. The lowest BCUT2D eigenvalue weighted by Crippen LogP contribution is -2.37. The van der Waals surface area contributed by atoms with Crippen LogP contribution in [0.3, 0.4) is 0 Å². The van der Waals surface area contributed by atoms with Crippen molar-refractivity contribution in [3.05, 3.63) is 29.8 Å². The summed E-state index contributed by atoms with van der Waals surface area (Å²) >= 11 is 0. The van der Waals surface area contributed by atoms with E-state index in [1.165, 1.54) is 17.2 Å². The normalized spacial score (nSPS) is 10.6. The first-order chi connectivity index (χ1) is 9.70. The summed E-state index contributed by atoms with van der Waals surface area (Å²) in [7, 11) is 0. The summed E-state index contributed by atoms with van der Waals surface area (Å²) < 4.78 is 24.1. The van der Waals surface area contributed by atoms with E-state index in [4.69, 9.17) is 9.47 Å². The van der Waals surface area contributed by atoms with Crippen molar-refractivity contribution in [3.8, 4) is 0 Å². The fraction of sp³-hybridized carbons (Fsp3) is 0.571. The van der Waals surface area contributed by atoms with Crippen molar-refractivity contribution >= 4 is 5.91 Å². The molecular formula is C14H21FN2O3. The number of amides is 1. The first-order valence-corrected chi connectivity index (χ1v) is 6.75. The van der Waals surface area contributed by atoms with E-state index in [-0.39, 0.29) is 11.5 Å². The Morgan fingerprint density at radius 1 is 1.25 bits per heavy atom. The number of hydrogen-bond donors (Lipinski definition) is 0. The van der Waals surface area contributed by atoms with Crippen molar-refractivity contribution in [2.45, 2.75) is 13.8 Å². The molecule has 0 aliphatic rings. The van der Waals surface area contributed by atoms with Gasteiger partial charge in [0.05, 0.1) is 25.0 Å². The maximum atomic E-state index is 13.6. The monoisotopic (exact) mass is 284 g/mol. The Balaban J connectivity index is 2.69. The highest BCUT2D eigenvalue weighted by Gasteiger charge is 2.18. The molecule has 0 spiro atoms. The van der Waals surface area contributed by atoms with Crippen molar-refractivity contribution in [1.82, 2.24) is 9.88 Å². The summed E-state index contributed by atoms with van der Waals surface area (Å²) in [6, 6.07) is 1.38. The number of aromatic nitrogens is 1. The topological polar surface area (TPSA) is 51.7 Å². The zero-order valence-corrected chi connectivity index (χ0v) is 12.0. The summed E-state index contributed by atoms with van der Waals surface area (Å²) in [6.45, 7) is 6.57. The van der Waals surface area contributed by atoms with Crippen LogP contribution in [0, 0.1) is 5.82 Å². The van der Waals surface area contributed by atoms with Gasteiger partial charge in [-0.05, 0) is 19.9 Å². The zero-order valence-electron chi connectivity index (χ0n) is 12.0. The predicted molar refractivity (Wildman–Crippen MR) is 73.1 cm³/mol. The standard InChI is InChI=1S/C14H21FN2O3/c1-3-19-9-7-17(8-10-20-4-2)14(18)12-5-6-16-11-13(12)15/h5-6,11H,3-4,7-10H2,1-2H3. The van der Waals surface area contributed by atoms with Crippen molar-refractivity contribution in [2.75, 3.05) is 39.5 Å². The van der Waals surface area contributed by atoms with Gasteiger partial charge >= 0.3 is 0 Å². The van der Waals surface area contributed by atoms with Crippen molar-refractivity contribution in [1.29, 1.82) is 0 Å². The summed E-state index contributed by atoms with van der Waals surface area (Å²) in [5.41, 5.74) is 0.0213. The molecule has 0 aliphatic carbocycles. The van der Waals surface area contributed by atoms with E-state index >= 15 is 0 Å². The highest BCUT2D eigenvalue weighted by atomic mass is 19.1. The van der Waals surface area contributed by atoms with E-state index in [1.54, 1.807) is 0 Å². The van der Waals surface area contributed by atoms with Gasteiger partial charge in [0, 0.05) is 32.5 Å². The van der Waals surface area contributed by atoms with Gasteiger partial charge in [-0.15, -0.1) is 0 Å². The molecule has 0 atom stereocenters. The number of carbonyl (C=O) groups excluding carboxylic acids is 1. The van der Waals surface area contributed by atoms with Gasteiger partial charge in [-0.1, -0.05) is 0 Å². The van der Waals surface area contributed by atoms with Crippen LogP contribution in [0.1, 0.15) is 24.2 Å². The van der Waals surface area contributed by atoms with Crippen LogP contribution in [0.4, 0.5) is 4.39 Å². The SMILES string of the molecule is CCOCCN(CCOCC)C(=O)c1ccncc1F. The summed E-state index contributed by atoms with van der Waals surface area (Å²) in [5.74, 6) is -0.986. The third-order valence-electron chi connectivity index (χ3n) is 2.71. The van der Waals surface area contributed by atoms with Crippen LogP contribution < -0.4 is 0 Å². The minimum Gasteiger partial charge on any atom is -0.380 e. The summed E-state index contributed by atoms with van der Waals surface area (Å²) in [4.78, 5) is 17.5. The summed E-state index contributed by atoms with van der Waals surface area (Å²) in [6.07, 6.45) is 2.44. The van der Waals surface area contributed by atoms with E-state index in [1.807, 2.05) is 13.8 Å². The lowest BCUT2D eigenvalue weighted by Gasteiger charge is -2.22. The molecule has 112 valence electrons. The van der Waals surface area contributed by atoms with Gasteiger partial charge in [0.2, 0.25) is 0 Å². The number of ether oxygens (including phenoxy) is 2. The van der Waals surface area contributed by atoms with Gasteiger partial charge in [-0.25, -0.2) is 4.39 Å². The molecule has 1 heterocycles. The van der Waals surface area contributed by atoms with Crippen molar-refractivity contribution < 1.29 is 18.7 Å². The van der Waals surface area contributed by atoms with Crippen LogP contribution in [-0.2, 0) is 9.47 Å². The molecule has 1 aromatic heterocycles. The molecule has 0 saturated heterocycles. The quantitative estimate of drug-likeness (QED) is 0.648. The number of hydrogen-bond acceptors (Lipinski definition) is 4. The minimum atomic E-state index is -0.615. The maximum Gasteiger partial charge on any atom is 0.257 e. The molecule has 5 nitrogen and oxygen atoms in total. The molecule has 0 bridgehead atoms. The number of carbonyl (C=O) groups is 1. The Labute approximate surface area is 118 Å².